The summed E-state index contributed by atoms with van der Waals surface area (Å²) in [4.78, 5) is 14.9. The first-order chi connectivity index (χ1) is 7.61. The maximum absolute atomic E-state index is 13.5. The first-order valence-corrected chi connectivity index (χ1v) is 4.77. The Morgan fingerprint density at radius 2 is 2.06 bits per heavy atom. The number of halogens is 1. The van der Waals surface area contributed by atoms with Crippen LogP contribution in [0.15, 0.2) is 23.3 Å². The first-order valence-electron chi connectivity index (χ1n) is 4.77. The van der Waals surface area contributed by atoms with Crippen molar-refractivity contribution in [3.05, 3.63) is 45.8 Å². The van der Waals surface area contributed by atoms with Gasteiger partial charge < -0.3 is 0 Å². The molecule has 2 aromatic rings. The third kappa shape index (κ3) is 1.60. The molecule has 0 aliphatic carbocycles. The van der Waals surface area contributed by atoms with Crippen LogP contribution in [0.4, 0.5) is 4.39 Å². The molecule has 0 aliphatic rings. The molecule has 0 radical (unpaired) electrons. The lowest BCUT2D eigenvalue weighted by Gasteiger charge is -2.06. The zero-order chi connectivity index (χ0) is 11.7. The van der Waals surface area contributed by atoms with Crippen molar-refractivity contribution in [3.8, 4) is 11.3 Å². The summed E-state index contributed by atoms with van der Waals surface area (Å²) < 4.78 is 13.5. The Hall–Kier alpha value is -2.04. The molecule has 0 fully saturated rings. The number of H-pyrrole nitrogens is 1. The van der Waals surface area contributed by atoms with E-state index in [4.69, 9.17) is 0 Å². The molecule has 2 heterocycles. The van der Waals surface area contributed by atoms with Gasteiger partial charge in [-0.25, -0.2) is 9.49 Å². The van der Waals surface area contributed by atoms with Crippen LogP contribution in [0.3, 0.4) is 0 Å². The zero-order valence-corrected chi connectivity index (χ0v) is 8.91. The highest BCUT2D eigenvalue weighted by atomic mass is 19.1. The van der Waals surface area contributed by atoms with Crippen LogP contribution in [0.2, 0.25) is 0 Å². The van der Waals surface area contributed by atoms with Crippen molar-refractivity contribution in [2.24, 2.45) is 0 Å². The van der Waals surface area contributed by atoms with Crippen LogP contribution in [-0.2, 0) is 0 Å². The second-order valence-electron chi connectivity index (χ2n) is 3.51. The summed E-state index contributed by atoms with van der Waals surface area (Å²) in [6.45, 7) is 3.42. The topological polar surface area (TPSA) is 58.6 Å². The van der Waals surface area contributed by atoms with Gasteiger partial charge in [0.1, 0.15) is 0 Å². The van der Waals surface area contributed by atoms with E-state index in [-0.39, 0.29) is 5.56 Å². The predicted molar refractivity (Wildman–Crippen MR) is 57.5 cm³/mol. The van der Waals surface area contributed by atoms with Crippen LogP contribution >= 0.6 is 0 Å². The van der Waals surface area contributed by atoms with Crippen molar-refractivity contribution in [2.75, 3.05) is 0 Å². The molecule has 0 saturated heterocycles. The maximum atomic E-state index is 13.5. The van der Waals surface area contributed by atoms with E-state index in [1.54, 1.807) is 13.8 Å². The molecule has 0 amide bonds. The third-order valence-electron chi connectivity index (χ3n) is 2.56. The second-order valence-corrected chi connectivity index (χ2v) is 3.51. The van der Waals surface area contributed by atoms with Crippen LogP contribution in [0.1, 0.15) is 11.1 Å². The minimum atomic E-state index is -0.454. The van der Waals surface area contributed by atoms with Gasteiger partial charge in [-0.2, -0.15) is 5.10 Å². The lowest BCUT2D eigenvalue weighted by atomic mass is 10.1. The molecule has 0 bridgehead atoms. The highest BCUT2D eigenvalue weighted by Gasteiger charge is 2.12. The summed E-state index contributed by atoms with van der Waals surface area (Å²) in [5.41, 5.74) is 1.75. The van der Waals surface area contributed by atoms with Gasteiger partial charge >= 0.3 is 0 Å². The van der Waals surface area contributed by atoms with E-state index in [0.29, 0.717) is 22.4 Å². The summed E-state index contributed by atoms with van der Waals surface area (Å²) in [5.74, 6) is -0.454. The Bertz CT molecular complexity index is 592. The SMILES string of the molecule is Cc1c(-c2ccncc2F)n[nH]c(=O)c1C. The van der Waals surface area contributed by atoms with E-state index in [0.717, 1.165) is 6.20 Å². The van der Waals surface area contributed by atoms with E-state index < -0.39 is 5.82 Å². The van der Waals surface area contributed by atoms with Crippen LogP contribution < -0.4 is 5.56 Å². The zero-order valence-electron chi connectivity index (χ0n) is 8.91. The minimum Gasteiger partial charge on any atom is -0.268 e. The number of nitrogens with zero attached hydrogens (tertiary/aromatic N) is 2. The molecule has 0 aromatic carbocycles. The normalized spacial score (nSPS) is 10.4. The molecule has 0 atom stereocenters. The highest BCUT2D eigenvalue weighted by molar-refractivity contribution is 5.63. The number of aromatic amines is 1. The lowest BCUT2D eigenvalue weighted by Crippen LogP contribution is -2.14. The van der Waals surface area contributed by atoms with Gasteiger partial charge in [0.25, 0.3) is 5.56 Å². The molecule has 82 valence electrons. The van der Waals surface area contributed by atoms with Gasteiger partial charge in [-0.05, 0) is 25.5 Å². The monoisotopic (exact) mass is 219 g/mol. The van der Waals surface area contributed by atoms with Crippen LogP contribution in [0.25, 0.3) is 11.3 Å². The number of hydrogen-bond acceptors (Lipinski definition) is 3. The smallest absolute Gasteiger partial charge is 0.267 e. The highest BCUT2D eigenvalue weighted by Crippen LogP contribution is 2.22. The molecule has 0 saturated carbocycles. The van der Waals surface area contributed by atoms with Gasteiger partial charge in [-0.15, -0.1) is 0 Å². The Kier molecular flexibility index (Phi) is 2.52. The predicted octanol–water partition coefficient (Wildman–Crippen LogP) is 1.59. The van der Waals surface area contributed by atoms with Gasteiger partial charge in [0.05, 0.1) is 11.9 Å². The van der Waals surface area contributed by atoms with E-state index in [2.05, 4.69) is 15.2 Å². The molecule has 4 nitrogen and oxygen atoms in total. The fraction of sp³-hybridized carbons (Fsp3) is 0.182. The number of hydrogen-bond donors (Lipinski definition) is 1. The number of rotatable bonds is 1. The van der Waals surface area contributed by atoms with Gasteiger partial charge in [0.2, 0.25) is 0 Å². The quantitative estimate of drug-likeness (QED) is 0.792. The summed E-state index contributed by atoms with van der Waals surface area (Å²) in [6.07, 6.45) is 2.61. The molecule has 5 heteroatoms. The summed E-state index contributed by atoms with van der Waals surface area (Å²) in [6, 6.07) is 1.53. The number of aromatic nitrogens is 3. The standard InChI is InChI=1S/C11H10FN3O/c1-6-7(2)11(16)15-14-10(6)8-3-4-13-5-9(8)12/h3-5H,1-2H3,(H,15,16). The van der Waals surface area contributed by atoms with Crippen molar-refractivity contribution in [2.45, 2.75) is 13.8 Å². The minimum absolute atomic E-state index is 0.254. The van der Waals surface area contributed by atoms with Gasteiger partial charge in [0, 0.05) is 17.3 Å². The molecule has 2 aromatic heterocycles. The number of pyridine rings is 1. The van der Waals surface area contributed by atoms with Gasteiger partial charge in [-0.1, -0.05) is 0 Å². The van der Waals surface area contributed by atoms with Gasteiger partial charge in [-0.3, -0.25) is 9.78 Å². The fourth-order valence-corrected chi connectivity index (χ4v) is 1.45. The van der Waals surface area contributed by atoms with Crippen molar-refractivity contribution < 1.29 is 4.39 Å². The van der Waals surface area contributed by atoms with E-state index >= 15 is 0 Å². The van der Waals surface area contributed by atoms with Crippen LogP contribution in [0, 0.1) is 19.7 Å². The Labute approximate surface area is 91.2 Å². The maximum Gasteiger partial charge on any atom is 0.267 e. The van der Waals surface area contributed by atoms with Crippen LogP contribution in [0.5, 0.6) is 0 Å². The Morgan fingerprint density at radius 3 is 2.75 bits per heavy atom. The Morgan fingerprint density at radius 1 is 1.31 bits per heavy atom. The van der Waals surface area contributed by atoms with E-state index in [1.165, 1.54) is 12.3 Å². The van der Waals surface area contributed by atoms with Crippen molar-refractivity contribution in [1.29, 1.82) is 0 Å². The van der Waals surface area contributed by atoms with E-state index in [9.17, 15) is 9.18 Å². The van der Waals surface area contributed by atoms with Crippen LogP contribution in [-0.4, -0.2) is 15.2 Å². The third-order valence-corrected chi connectivity index (χ3v) is 2.56. The van der Waals surface area contributed by atoms with E-state index in [1.807, 2.05) is 0 Å². The summed E-state index contributed by atoms with van der Waals surface area (Å²) in [5, 5.41) is 6.21. The van der Waals surface area contributed by atoms with Crippen molar-refractivity contribution >= 4 is 0 Å². The summed E-state index contributed by atoms with van der Waals surface area (Å²) >= 11 is 0. The fourth-order valence-electron chi connectivity index (χ4n) is 1.45. The molecule has 0 spiro atoms. The first kappa shape index (κ1) is 10.5. The molecule has 2 rings (SSSR count). The molecule has 0 unspecified atom stereocenters. The molecule has 16 heavy (non-hydrogen) atoms. The largest absolute Gasteiger partial charge is 0.268 e. The second kappa shape index (κ2) is 3.84. The molecule has 0 aliphatic heterocycles. The average molecular weight is 219 g/mol. The lowest BCUT2D eigenvalue weighted by molar-refractivity contribution is 0.623. The molecule has 1 N–H and O–H groups in total. The van der Waals surface area contributed by atoms with Gasteiger partial charge in [0.15, 0.2) is 5.82 Å². The summed E-state index contributed by atoms with van der Waals surface area (Å²) in [7, 11) is 0. The Balaban J connectivity index is 2.71. The number of nitrogens with one attached hydrogen (secondary N) is 1. The van der Waals surface area contributed by atoms with Crippen molar-refractivity contribution in [1.82, 2.24) is 15.2 Å². The molecular weight excluding hydrogens is 209 g/mol. The average Bonchev–Trinajstić information content (AvgIpc) is 2.28. The molecular formula is C11H10FN3O. The van der Waals surface area contributed by atoms with Crippen molar-refractivity contribution in [3.63, 3.8) is 0 Å².